The van der Waals surface area contributed by atoms with Crippen LogP contribution in [0.1, 0.15) is 0 Å². The van der Waals surface area contributed by atoms with E-state index >= 15 is 0 Å². The second-order valence-electron chi connectivity index (χ2n) is 3.15. The van der Waals surface area contributed by atoms with E-state index in [1.165, 1.54) is 0 Å². The molecule has 2 aromatic rings. The molecule has 4 nitrogen and oxygen atoms in total. The van der Waals surface area contributed by atoms with E-state index in [1.807, 2.05) is 30.3 Å². The minimum atomic E-state index is -0.0563. The maximum Gasteiger partial charge on any atom is 0.244 e. The summed E-state index contributed by atoms with van der Waals surface area (Å²) in [5, 5.41) is 2.79. The van der Waals surface area contributed by atoms with Crippen molar-refractivity contribution in [3.8, 4) is 0 Å². The van der Waals surface area contributed by atoms with Crippen LogP contribution in [0.25, 0.3) is 0 Å². The molecule has 76 valence electrons. The van der Waals surface area contributed by atoms with Crippen molar-refractivity contribution in [2.45, 2.75) is 6.54 Å². The van der Waals surface area contributed by atoms with Gasteiger partial charge in [-0.2, -0.15) is 0 Å². The van der Waals surface area contributed by atoms with Crippen LogP contribution in [0.2, 0.25) is 0 Å². The van der Waals surface area contributed by atoms with Crippen LogP contribution < -0.4 is 5.32 Å². The monoisotopic (exact) mass is 201 g/mol. The van der Waals surface area contributed by atoms with Crippen LogP contribution in [0.15, 0.2) is 49.1 Å². The fourth-order valence-corrected chi connectivity index (χ4v) is 1.27. The van der Waals surface area contributed by atoms with Gasteiger partial charge in [0.1, 0.15) is 6.54 Å². The number of carbonyl (C=O) groups excluding carboxylic acids is 1. The summed E-state index contributed by atoms with van der Waals surface area (Å²) < 4.78 is 1.72. The van der Waals surface area contributed by atoms with E-state index in [2.05, 4.69) is 10.3 Å². The lowest BCUT2D eigenvalue weighted by Gasteiger charge is -2.04. The summed E-state index contributed by atoms with van der Waals surface area (Å²) in [5.74, 6) is -0.0563. The number of aromatic nitrogens is 2. The van der Waals surface area contributed by atoms with Gasteiger partial charge in [0, 0.05) is 18.1 Å². The van der Waals surface area contributed by atoms with Crippen LogP contribution in [0, 0.1) is 0 Å². The highest BCUT2D eigenvalue weighted by Crippen LogP contribution is 2.04. The van der Waals surface area contributed by atoms with E-state index in [0.717, 1.165) is 5.69 Å². The molecule has 2 rings (SSSR count). The summed E-state index contributed by atoms with van der Waals surface area (Å²) in [5.41, 5.74) is 0.808. The Kier molecular flexibility index (Phi) is 2.78. The number of nitrogens with zero attached hydrogens (tertiary/aromatic N) is 2. The summed E-state index contributed by atoms with van der Waals surface area (Å²) in [7, 11) is 0. The van der Waals surface area contributed by atoms with Crippen molar-refractivity contribution >= 4 is 11.6 Å². The van der Waals surface area contributed by atoms with Gasteiger partial charge < -0.3 is 9.88 Å². The van der Waals surface area contributed by atoms with Gasteiger partial charge in [0.2, 0.25) is 5.91 Å². The summed E-state index contributed by atoms with van der Waals surface area (Å²) >= 11 is 0. The lowest BCUT2D eigenvalue weighted by atomic mass is 10.3. The molecule has 4 heteroatoms. The molecule has 0 unspecified atom stereocenters. The number of hydrogen-bond donors (Lipinski definition) is 1. The van der Waals surface area contributed by atoms with Crippen molar-refractivity contribution < 1.29 is 4.79 Å². The predicted molar refractivity (Wildman–Crippen MR) is 57.3 cm³/mol. The van der Waals surface area contributed by atoms with Gasteiger partial charge in [-0.3, -0.25) is 4.79 Å². The number of benzene rings is 1. The van der Waals surface area contributed by atoms with Gasteiger partial charge >= 0.3 is 0 Å². The van der Waals surface area contributed by atoms with Gasteiger partial charge in [0.05, 0.1) is 6.33 Å². The molecule has 0 fully saturated rings. The Morgan fingerprint density at radius 3 is 2.80 bits per heavy atom. The van der Waals surface area contributed by atoms with Crippen molar-refractivity contribution in [3.05, 3.63) is 49.1 Å². The fourth-order valence-electron chi connectivity index (χ4n) is 1.27. The molecule has 0 aliphatic carbocycles. The molecule has 0 aliphatic heterocycles. The molecule has 0 bridgehead atoms. The molecule has 0 aliphatic rings. The van der Waals surface area contributed by atoms with Crippen LogP contribution in [0.4, 0.5) is 5.69 Å². The molecule has 1 aromatic carbocycles. The van der Waals surface area contributed by atoms with Crippen LogP contribution in [-0.4, -0.2) is 15.5 Å². The Bertz CT molecular complexity index is 422. The van der Waals surface area contributed by atoms with E-state index < -0.39 is 0 Å². The third-order valence-electron chi connectivity index (χ3n) is 1.94. The van der Waals surface area contributed by atoms with Crippen molar-refractivity contribution in [1.29, 1.82) is 0 Å². The highest BCUT2D eigenvalue weighted by molar-refractivity contribution is 5.90. The maximum atomic E-state index is 11.5. The second-order valence-corrected chi connectivity index (χ2v) is 3.15. The molecule has 1 amide bonds. The third kappa shape index (κ3) is 2.67. The van der Waals surface area contributed by atoms with Crippen molar-refractivity contribution in [2.75, 3.05) is 5.32 Å². The van der Waals surface area contributed by atoms with Gasteiger partial charge in [-0.25, -0.2) is 4.98 Å². The van der Waals surface area contributed by atoms with Crippen LogP contribution in [0.5, 0.6) is 0 Å². The number of hydrogen-bond acceptors (Lipinski definition) is 2. The number of rotatable bonds is 3. The van der Waals surface area contributed by atoms with E-state index in [4.69, 9.17) is 0 Å². The predicted octanol–water partition coefficient (Wildman–Crippen LogP) is 1.52. The molecule has 0 saturated carbocycles. The Balaban J connectivity index is 1.94. The average molecular weight is 201 g/mol. The van der Waals surface area contributed by atoms with E-state index in [0.29, 0.717) is 0 Å². The molecule has 0 radical (unpaired) electrons. The van der Waals surface area contributed by atoms with Gasteiger partial charge in [0.15, 0.2) is 0 Å². The van der Waals surface area contributed by atoms with Crippen molar-refractivity contribution in [2.24, 2.45) is 0 Å². The summed E-state index contributed by atoms with van der Waals surface area (Å²) in [6.07, 6.45) is 5.02. The molecular weight excluding hydrogens is 190 g/mol. The normalized spacial score (nSPS) is 9.87. The first-order chi connectivity index (χ1) is 7.34. The molecule has 1 aromatic heterocycles. The molecule has 0 atom stereocenters. The van der Waals surface area contributed by atoms with E-state index in [1.54, 1.807) is 23.3 Å². The summed E-state index contributed by atoms with van der Waals surface area (Å²) in [6, 6.07) is 9.38. The zero-order valence-electron chi connectivity index (χ0n) is 8.13. The third-order valence-corrected chi connectivity index (χ3v) is 1.94. The quantitative estimate of drug-likeness (QED) is 0.818. The van der Waals surface area contributed by atoms with Gasteiger partial charge in [-0.15, -0.1) is 0 Å². The molecule has 1 heterocycles. The molecule has 0 spiro atoms. The number of amides is 1. The SMILES string of the molecule is O=C(Cn1ccnc1)Nc1ccccc1. The first-order valence-corrected chi connectivity index (χ1v) is 4.65. The first-order valence-electron chi connectivity index (χ1n) is 4.65. The van der Waals surface area contributed by atoms with Crippen LogP contribution in [-0.2, 0) is 11.3 Å². The summed E-state index contributed by atoms with van der Waals surface area (Å²) in [6.45, 7) is 0.287. The highest BCUT2D eigenvalue weighted by Gasteiger charge is 2.01. The highest BCUT2D eigenvalue weighted by atomic mass is 16.1. The minimum Gasteiger partial charge on any atom is -0.328 e. The molecule has 1 N–H and O–H groups in total. The zero-order valence-corrected chi connectivity index (χ0v) is 8.13. The lowest BCUT2D eigenvalue weighted by molar-refractivity contribution is -0.116. The van der Waals surface area contributed by atoms with Gasteiger partial charge in [-0.1, -0.05) is 18.2 Å². The minimum absolute atomic E-state index is 0.0563. The molecule has 0 saturated heterocycles. The van der Waals surface area contributed by atoms with Crippen molar-refractivity contribution in [1.82, 2.24) is 9.55 Å². The van der Waals surface area contributed by atoms with E-state index in [-0.39, 0.29) is 12.5 Å². The standard InChI is InChI=1S/C11H11N3O/c15-11(8-14-7-6-12-9-14)13-10-4-2-1-3-5-10/h1-7,9H,8H2,(H,13,15). The van der Waals surface area contributed by atoms with E-state index in [9.17, 15) is 4.79 Å². The van der Waals surface area contributed by atoms with Crippen LogP contribution in [0.3, 0.4) is 0 Å². The lowest BCUT2D eigenvalue weighted by Crippen LogP contribution is -2.17. The fraction of sp³-hybridized carbons (Fsp3) is 0.0909. The Morgan fingerprint density at radius 2 is 2.13 bits per heavy atom. The number of anilines is 1. The summed E-state index contributed by atoms with van der Waals surface area (Å²) in [4.78, 5) is 15.4. The molecule has 15 heavy (non-hydrogen) atoms. The first kappa shape index (κ1) is 9.45. The Labute approximate surface area is 87.6 Å². The Morgan fingerprint density at radius 1 is 1.33 bits per heavy atom. The second kappa shape index (κ2) is 4.41. The number of imidazole rings is 1. The number of nitrogens with one attached hydrogen (secondary N) is 1. The largest absolute Gasteiger partial charge is 0.328 e. The number of para-hydroxylation sites is 1. The maximum absolute atomic E-state index is 11.5. The topological polar surface area (TPSA) is 46.9 Å². The zero-order chi connectivity index (χ0) is 10.5. The smallest absolute Gasteiger partial charge is 0.244 e. The van der Waals surface area contributed by atoms with Crippen LogP contribution >= 0.6 is 0 Å². The average Bonchev–Trinajstić information content (AvgIpc) is 2.71. The Hall–Kier alpha value is -2.10. The molecular formula is C11H11N3O. The van der Waals surface area contributed by atoms with Gasteiger partial charge in [-0.05, 0) is 12.1 Å². The van der Waals surface area contributed by atoms with Crippen molar-refractivity contribution in [3.63, 3.8) is 0 Å². The number of carbonyl (C=O) groups is 1. The van der Waals surface area contributed by atoms with Gasteiger partial charge in [0.25, 0.3) is 0 Å².